The van der Waals surface area contributed by atoms with E-state index in [4.69, 9.17) is 21.1 Å². The summed E-state index contributed by atoms with van der Waals surface area (Å²) in [6, 6.07) is 18.9. The van der Waals surface area contributed by atoms with Crippen molar-refractivity contribution in [3.8, 4) is 11.5 Å². The van der Waals surface area contributed by atoms with Gasteiger partial charge in [-0.15, -0.1) is 0 Å². The third kappa shape index (κ3) is 8.00. The van der Waals surface area contributed by atoms with Gasteiger partial charge >= 0.3 is 0 Å². The van der Waals surface area contributed by atoms with Gasteiger partial charge in [0.05, 0.1) is 24.8 Å². The Morgan fingerprint density at radius 2 is 1.58 bits per heavy atom. The van der Waals surface area contributed by atoms with Gasteiger partial charge in [0.1, 0.15) is 12.6 Å². The second-order valence-corrected chi connectivity index (χ2v) is 12.8. The molecule has 11 heteroatoms. The molecule has 0 saturated heterocycles. The largest absolute Gasteiger partial charge is 0.493 e. The minimum atomic E-state index is -4.29. The minimum absolute atomic E-state index is 0.0633. The molecule has 3 aromatic rings. The molecule has 230 valence electrons. The van der Waals surface area contributed by atoms with Gasteiger partial charge < -0.3 is 19.7 Å². The van der Waals surface area contributed by atoms with Crippen LogP contribution >= 0.6 is 11.6 Å². The number of halogens is 1. The smallest absolute Gasteiger partial charge is 0.264 e. The van der Waals surface area contributed by atoms with Gasteiger partial charge in [-0.2, -0.15) is 0 Å². The van der Waals surface area contributed by atoms with E-state index in [0.717, 1.165) is 42.0 Å². The van der Waals surface area contributed by atoms with Crippen LogP contribution in [-0.4, -0.2) is 58.0 Å². The van der Waals surface area contributed by atoms with Gasteiger partial charge in [-0.1, -0.05) is 61.2 Å². The number of methoxy groups -OCH3 is 2. The molecular formula is C32H38ClN3O6S. The maximum absolute atomic E-state index is 14.1. The lowest BCUT2D eigenvalue weighted by atomic mass is 9.95. The predicted molar refractivity (Wildman–Crippen MR) is 167 cm³/mol. The van der Waals surface area contributed by atoms with E-state index in [2.05, 4.69) is 5.32 Å². The first kappa shape index (κ1) is 32.2. The molecule has 1 unspecified atom stereocenters. The number of hydrogen-bond donors (Lipinski definition) is 1. The summed E-state index contributed by atoms with van der Waals surface area (Å²) in [5.74, 6) is -0.210. The highest BCUT2D eigenvalue weighted by Crippen LogP contribution is 2.33. The molecule has 0 aliphatic heterocycles. The van der Waals surface area contributed by atoms with Crippen LogP contribution in [0.2, 0.25) is 5.02 Å². The molecule has 1 saturated carbocycles. The van der Waals surface area contributed by atoms with E-state index in [1.165, 1.54) is 49.5 Å². The van der Waals surface area contributed by atoms with Gasteiger partial charge in [0.2, 0.25) is 11.8 Å². The van der Waals surface area contributed by atoms with Crippen LogP contribution in [0.1, 0.15) is 44.6 Å². The van der Waals surface area contributed by atoms with E-state index in [0.29, 0.717) is 10.8 Å². The van der Waals surface area contributed by atoms with Crippen LogP contribution in [0.4, 0.5) is 5.69 Å². The first-order valence-electron chi connectivity index (χ1n) is 14.3. The van der Waals surface area contributed by atoms with Crippen molar-refractivity contribution in [1.82, 2.24) is 10.2 Å². The lowest BCUT2D eigenvalue weighted by molar-refractivity contribution is -0.139. The maximum Gasteiger partial charge on any atom is 0.264 e. The molecule has 1 N–H and O–H groups in total. The molecule has 2 amide bonds. The van der Waals surface area contributed by atoms with Gasteiger partial charge in [-0.3, -0.25) is 13.9 Å². The summed E-state index contributed by atoms with van der Waals surface area (Å²) in [5, 5.41) is 3.52. The van der Waals surface area contributed by atoms with Crippen LogP contribution in [0.15, 0.2) is 77.7 Å². The number of anilines is 1. The van der Waals surface area contributed by atoms with Gasteiger partial charge in [0.25, 0.3) is 10.0 Å². The zero-order valence-electron chi connectivity index (χ0n) is 24.7. The highest BCUT2D eigenvalue weighted by molar-refractivity contribution is 7.92. The Bertz CT molecular complexity index is 1500. The van der Waals surface area contributed by atoms with Crippen molar-refractivity contribution in [2.24, 2.45) is 0 Å². The van der Waals surface area contributed by atoms with Crippen LogP contribution in [0.5, 0.6) is 11.5 Å². The number of amides is 2. The average Bonchev–Trinajstić information content (AvgIpc) is 3.03. The van der Waals surface area contributed by atoms with Gasteiger partial charge in [-0.25, -0.2) is 8.42 Å². The standard InChI is InChI=1S/C32H38ClN3O6S/c1-23(32(38)34-26-12-8-5-9-13-26)35(21-24-10-6-4-7-11-24)31(37)22-36(27-16-14-25(33)15-17-27)43(39,40)28-18-19-29(41-2)30(20-28)42-3/h4,6-7,10-11,14-20,23,26H,5,8-9,12-13,21-22H2,1-3H3,(H,34,38). The molecule has 3 aromatic carbocycles. The third-order valence-corrected chi connectivity index (χ3v) is 9.67. The lowest BCUT2D eigenvalue weighted by Crippen LogP contribution is -2.53. The zero-order valence-corrected chi connectivity index (χ0v) is 26.2. The molecule has 0 heterocycles. The molecule has 9 nitrogen and oxygen atoms in total. The summed E-state index contributed by atoms with van der Waals surface area (Å²) in [6.45, 7) is 1.25. The van der Waals surface area contributed by atoms with Crippen LogP contribution in [-0.2, 0) is 26.2 Å². The molecule has 0 aromatic heterocycles. The predicted octanol–water partition coefficient (Wildman–Crippen LogP) is 5.42. The number of ether oxygens (including phenoxy) is 2. The number of hydrogen-bond acceptors (Lipinski definition) is 6. The monoisotopic (exact) mass is 627 g/mol. The van der Waals surface area contributed by atoms with Gasteiger partial charge in [0, 0.05) is 23.7 Å². The van der Waals surface area contributed by atoms with Crippen LogP contribution < -0.4 is 19.1 Å². The lowest BCUT2D eigenvalue weighted by Gasteiger charge is -2.33. The fourth-order valence-corrected chi connectivity index (χ4v) is 6.73. The summed E-state index contributed by atoms with van der Waals surface area (Å²) < 4.78 is 39.9. The number of nitrogens with one attached hydrogen (secondary N) is 1. The highest BCUT2D eigenvalue weighted by atomic mass is 35.5. The van der Waals surface area contributed by atoms with E-state index in [-0.39, 0.29) is 34.8 Å². The Hall–Kier alpha value is -3.76. The van der Waals surface area contributed by atoms with Gasteiger partial charge in [-0.05, 0) is 61.7 Å². The van der Waals surface area contributed by atoms with Crippen LogP contribution in [0.3, 0.4) is 0 Å². The second kappa shape index (κ2) is 14.6. The van der Waals surface area contributed by atoms with Crippen molar-refractivity contribution < 1.29 is 27.5 Å². The molecule has 0 radical (unpaired) electrons. The Morgan fingerprint density at radius 1 is 0.930 bits per heavy atom. The number of benzene rings is 3. The molecule has 1 aliphatic rings. The average molecular weight is 628 g/mol. The summed E-state index contributed by atoms with van der Waals surface area (Å²) >= 11 is 6.11. The fourth-order valence-electron chi connectivity index (χ4n) is 5.17. The first-order valence-corrected chi connectivity index (χ1v) is 16.1. The van der Waals surface area contributed by atoms with Crippen molar-refractivity contribution in [2.45, 2.75) is 62.6 Å². The van der Waals surface area contributed by atoms with Crippen LogP contribution in [0.25, 0.3) is 0 Å². The van der Waals surface area contributed by atoms with Crippen molar-refractivity contribution in [1.29, 1.82) is 0 Å². The first-order chi connectivity index (χ1) is 20.6. The molecule has 0 bridgehead atoms. The van der Waals surface area contributed by atoms with Gasteiger partial charge in [0.15, 0.2) is 11.5 Å². The number of rotatable bonds is 12. The van der Waals surface area contributed by atoms with Crippen molar-refractivity contribution >= 4 is 39.1 Å². The fraction of sp³-hybridized carbons (Fsp3) is 0.375. The van der Waals surface area contributed by atoms with E-state index in [1.807, 2.05) is 30.3 Å². The van der Waals surface area contributed by atoms with E-state index in [9.17, 15) is 18.0 Å². The molecule has 1 atom stereocenters. The summed E-state index contributed by atoms with van der Waals surface area (Å²) in [5.41, 5.74) is 1.06. The quantitative estimate of drug-likeness (QED) is 0.288. The molecule has 1 fully saturated rings. The SMILES string of the molecule is COc1ccc(S(=O)(=O)N(CC(=O)N(Cc2ccccc2)C(C)C(=O)NC2CCCCC2)c2ccc(Cl)cc2)cc1OC. The number of nitrogens with zero attached hydrogens (tertiary/aromatic N) is 2. The Labute approximate surface area is 258 Å². The minimum Gasteiger partial charge on any atom is -0.493 e. The molecule has 1 aliphatic carbocycles. The molecular weight excluding hydrogens is 590 g/mol. The molecule has 0 spiro atoms. The molecule has 43 heavy (non-hydrogen) atoms. The van der Waals surface area contributed by atoms with Crippen molar-refractivity contribution in [3.63, 3.8) is 0 Å². The summed E-state index contributed by atoms with van der Waals surface area (Å²) in [4.78, 5) is 28.9. The van der Waals surface area contributed by atoms with E-state index in [1.54, 1.807) is 19.1 Å². The number of carbonyl (C=O) groups is 2. The highest BCUT2D eigenvalue weighted by Gasteiger charge is 2.33. The van der Waals surface area contributed by atoms with E-state index >= 15 is 0 Å². The normalized spacial score (nSPS) is 14.4. The Balaban J connectivity index is 1.69. The number of sulfonamides is 1. The Kier molecular flexibility index (Phi) is 10.9. The second-order valence-electron chi connectivity index (χ2n) is 10.5. The zero-order chi connectivity index (χ0) is 31.0. The third-order valence-electron chi connectivity index (χ3n) is 7.65. The van der Waals surface area contributed by atoms with Crippen molar-refractivity contribution in [3.05, 3.63) is 83.4 Å². The molecule has 4 rings (SSSR count). The summed E-state index contributed by atoms with van der Waals surface area (Å²) in [7, 11) is -1.42. The van der Waals surface area contributed by atoms with E-state index < -0.39 is 28.5 Å². The Morgan fingerprint density at radius 3 is 2.21 bits per heavy atom. The number of carbonyl (C=O) groups excluding carboxylic acids is 2. The topological polar surface area (TPSA) is 105 Å². The summed E-state index contributed by atoms with van der Waals surface area (Å²) in [6.07, 6.45) is 5.06. The van der Waals surface area contributed by atoms with Crippen LogP contribution in [0, 0.1) is 0 Å². The van der Waals surface area contributed by atoms with Crippen molar-refractivity contribution in [2.75, 3.05) is 25.1 Å². The maximum atomic E-state index is 14.1.